The summed E-state index contributed by atoms with van der Waals surface area (Å²) in [6, 6.07) is 8.82. The molecule has 0 amide bonds. The van der Waals surface area contributed by atoms with Gasteiger partial charge in [-0.2, -0.15) is 0 Å². The molecule has 2 rings (SSSR count). The molecule has 0 spiro atoms. The van der Waals surface area contributed by atoms with Crippen LogP contribution < -0.4 is 11.1 Å². The summed E-state index contributed by atoms with van der Waals surface area (Å²) in [5, 5.41) is 3.41. The molecule has 72 valence electrons. The molecular formula is C12H14N2. The second kappa shape index (κ2) is 3.73. The fourth-order valence-corrected chi connectivity index (χ4v) is 1.71. The third-order valence-electron chi connectivity index (χ3n) is 2.57. The van der Waals surface area contributed by atoms with Crippen molar-refractivity contribution in [2.24, 2.45) is 5.73 Å². The molecule has 0 atom stereocenters. The van der Waals surface area contributed by atoms with E-state index < -0.39 is 0 Å². The molecule has 3 N–H and O–H groups in total. The molecule has 1 aromatic rings. The Hall–Kier alpha value is -1.46. The lowest BCUT2D eigenvalue weighted by atomic mass is 9.87. The highest BCUT2D eigenvalue weighted by Crippen LogP contribution is 2.22. The molecular weight excluding hydrogens is 172 g/mol. The first-order valence-electron chi connectivity index (χ1n) is 4.87. The van der Waals surface area contributed by atoms with Gasteiger partial charge in [0.05, 0.1) is 0 Å². The van der Waals surface area contributed by atoms with E-state index in [-0.39, 0.29) is 0 Å². The summed E-state index contributed by atoms with van der Waals surface area (Å²) in [6.45, 7) is 0. The summed E-state index contributed by atoms with van der Waals surface area (Å²) in [6.07, 6.45) is 7.43. The van der Waals surface area contributed by atoms with Gasteiger partial charge in [0.15, 0.2) is 0 Å². The van der Waals surface area contributed by atoms with Gasteiger partial charge in [0, 0.05) is 23.3 Å². The zero-order valence-electron chi connectivity index (χ0n) is 8.03. The zero-order chi connectivity index (χ0) is 9.97. The average Bonchev–Trinajstić information content (AvgIpc) is 2.16. The smallest absolute Gasteiger partial charge is 0.0354 e. The van der Waals surface area contributed by atoms with Crippen LogP contribution >= 0.6 is 0 Å². The van der Waals surface area contributed by atoms with Gasteiger partial charge < -0.3 is 11.1 Å². The molecule has 1 fully saturated rings. The summed E-state index contributed by atoms with van der Waals surface area (Å²) in [7, 11) is 0. The highest BCUT2D eigenvalue weighted by Gasteiger charge is 2.25. The van der Waals surface area contributed by atoms with Gasteiger partial charge in [-0.15, -0.1) is 6.42 Å². The lowest BCUT2D eigenvalue weighted by Crippen LogP contribution is -2.44. The Kier molecular flexibility index (Phi) is 2.43. The van der Waals surface area contributed by atoms with Crippen LogP contribution in [0.25, 0.3) is 0 Å². The van der Waals surface area contributed by atoms with Crippen molar-refractivity contribution in [1.82, 2.24) is 0 Å². The number of hydrogen-bond acceptors (Lipinski definition) is 2. The van der Waals surface area contributed by atoms with Gasteiger partial charge in [-0.3, -0.25) is 0 Å². The van der Waals surface area contributed by atoms with Crippen molar-refractivity contribution in [3.8, 4) is 12.3 Å². The molecule has 0 radical (unpaired) electrons. The number of terminal acetylenes is 1. The van der Waals surface area contributed by atoms with Crippen molar-refractivity contribution in [2.75, 3.05) is 5.32 Å². The normalized spacial score (nSPS) is 24.9. The predicted molar refractivity (Wildman–Crippen MR) is 59.0 cm³/mol. The molecule has 1 saturated carbocycles. The second-order valence-electron chi connectivity index (χ2n) is 3.80. The Bertz CT molecular complexity index is 359. The average molecular weight is 186 g/mol. The fourth-order valence-electron chi connectivity index (χ4n) is 1.71. The maximum Gasteiger partial charge on any atom is 0.0354 e. The lowest BCUT2D eigenvalue weighted by Gasteiger charge is -2.33. The number of hydrogen-bond donors (Lipinski definition) is 2. The standard InChI is InChI=1S/C12H14N2/c1-2-9-4-3-5-11(6-9)14-12-7-10(13)8-12/h1,3-6,10,12,14H,7-8,13H2. The Labute approximate surface area is 84.5 Å². The first-order chi connectivity index (χ1) is 6.78. The van der Waals surface area contributed by atoms with E-state index in [2.05, 4.69) is 11.2 Å². The molecule has 0 aromatic heterocycles. The van der Waals surface area contributed by atoms with Crippen LogP contribution in [0.1, 0.15) is 18.4 Å². The summed E-state index contributed by atoms with van der Waals surface area (Å²) in [5.41, 5.74) is 7.72. The van der Waals surface area contributed by atoms with E-state index in [1.165, 1.54) is 0 Å². The van der Waals surface area contributed by atoms with Crippen molar-refractivity contribution < 1.29 is 0 Å². The summed E-state index contributed by atoms with van der Waals surface area (Å²) >= 11 is 0. The highest BCUT2D eigenvalue weighted by molar-refractivity contribution is 5.50. The van der Waals surface area contributed by atoms with Crippen molar-refractivity contribution >= 4 is 5.69 Å². The van der Waals surface area contributed by atoms with Crippen molar-refractivity contribution in [3.63, 3.8) is 0 Å². The molecule has 1 aromatic carbocycles. The number of benzene rings is 1. The SMILES string of the molecule is C#Cc1cccc(NC2CC(N)C2)c1. The Balaban J connectivity index is 2.00. The minimum atomic E-state index is 0.378. The lowest BCUT2D eigenvalue weighted by molar-refractivity contribution is 0.373. The van der Waals surface area contributed by atoms with Gasteiger partial charge >= 0.3 is 0 Å². The van der Waals surface area contributed by atoms with Crippen molar-refractivity contribution in [3.05, 3.63) is 29.8 Å². The molecule has 2 heteroatoms. The molecule has 0 saturated heterocycles. The number of nitrogens with two attached hydrogens (primary N) is 1. The predicted octanol–water partition coefficient (Wildman–Crippen LogP) is 1.57. The molecule has 0 heterocycles. The minimum absolute atomic E-state index is 0.378. The first kappa shape index (κ1) is 9.11. The molecule has 0 bridgehead atoms. The highest BCUT2D eigenvalue weighted by atomic mass is 15.0. The van der Waals surface area contributed by atoms with Gasteiger partial charge in [0.1, 0.15) is 0 Å². The Morgan fingerprint density at radius 1 is 1.43 bits per heavy atom. The minimum Gasteiger partial charge on any atom is -0.382 e. The van der Waals surface area contributed by atoms with Gasteiger partial charge in [-0.25, -0.2) is 0 Å². The maximum atomic E-state index is 5.71. The van der Waals surface area contributed by atoms with Crippen LogP contribution in [-0.2, 0) is 0 Å². The van der Waals surface area contributed by atoms with Crippen LogP contribution in [0.15, 0.2) is 24.3 Å². The largest absolute Gasteiger partial charge is 0.382 e. The topological polar surface area (TPSA) is 38.0 Å². The molecule has 2 nitrogen and oxygen atoms in total. The molecule has 0 unspecified atom stereocenters. The molecule has 14 heavy (non-hydrogen) atoms. The van der Waals surface area contributed by atoms with Gasteiger partial charge in [-0.05, 0) is 31.0 Å². The van der Waals surface area contributed by atoms with E-state index >= 15 is 0 Å². The van der Waals surface area contributed by atoms with E-state index in [0.29, 0.717) is 12.1 Å². The van der Waals surface area contributed by atoms with Crippen LogP contribution in [0.2, 0.25) is 0 Å². The summed E-state index contributed by atoms with van der Waals surface area (Å²) in [5.74, 6) is 2.62. The number of anilines is 1. The summed E-state index contributed by atoms with van der Waals surface area (Å²) in [4.78, 5) is 0. The van der Waals surface area contributed by atoms with Crippen LogP contribution in [0.4, 0.5) is 5.69 Å². The van der Waals surface area contributed by atoms with E-state index in [0.717, 1.165) is 24.1 Å². The van der Waals surface area contributed by atoms with Gasteiger partial charge in [-0.1, -0.05) is 12.0 Å². The van der Waals surface area contributed by atoms with Crippen molar-refractivity contribution in [2.45, 2.75) is 24.9 Å². The molecule has 1 aliphatic carbocycles. The van der Waals surface area contributed by atoms with Crippen LogP contribution in [0, 0.1) is 12.3 Å². The Morgan fingerprint density at radius 2 is 2.21 bits per heavy atom. The second-order valence-corrected chi connectivity index (χ2v) is 3.80. The van der Waals surface area contributed by atoms with Crippen molar-refractivity contribution in [1.29, 1.82) is 0 Å². The maximum absolute atomic E-state index is 5.71. The molecule has 0 aliphatic heterocycles. The monoisotopic (exact) mass is 186 g/mol. The third kappa shape index (κ3) is 1.89. The van der Waals surface area contributed by atoms with Crippen LogP contribution in [0.3, 0.4) is 0 Å². The van der Waals surface area contributed by atoms with E-state index in [1.807, 2.05) is 24.3 Å². The summed E-state index contributed by atoms with van der Waals surface area (Å²) < 4.78 is 0. The van der Waals surface area contributed by atoms with E-state index in [1.54, 1.807) is 0 Å². The number of nitrogens with one attached hydrogen (secondary N) is 1. The first-order valence-corrected chi connectivity index (χ1v) is 4.87. The van der Waals surface area contributed by atoms with Crippen LogP contribution in [-0.4, -0.2) is 12.1 Å². The Morgan fingerprint density at radius 3 is 2.86 bits per heavy atom. The third-order valence-corrected chi connectivity index (χ3v) is 2.57. The number of rotatable bonds is 2. The zero-order valence-corrected chi connectivity index (χ0v) is 8.03. The van der Waals surface area contributed by atoms with Crippen LogP contribution in [0.5, 0.6) is 0 Å². The van der Waals surface area contributed by atoms with E-state index in [4.69, 9.17) is 12.2 Å². The van der Waals surface area contributed by atoms with Gasteiger partial charge in [0.25, 0.3) is 0 Å². The fraction of sp³-hybridized carbons (Fsp3) is 0.333. The molecule has 1 aliphatic rings. The van der Waals surface area contributed by atoms with Gasteiger partial charge in [0.2, 0.25) is 0 Å². The quantitative estimate of drug-likeness (QED) is 0.688. The van der Waals surface area contributed by atoms with E-state index in [9.17, 15) is 0 Å².